The quantitative estimate of drug-likeness (QED) is 0.600. The summed E-state index contributed by atoms with van der Waals surface area (Å²) in [6.07, 6.45) is 2.22. The fourth-order valence-electron chi connectivity index (χ4n) is 3.37. The SMILES string of the molecule is COc1ccc(N(C(=O)NCCC(=O)O)C2C(=O)C=CN(C)C2=O)cc1-c1cccc(Cl)c1. The zero-order valence-corrected chi connectivity index (χ0v) is 18.7. The van der Waals surface area contributed by atoms with Crippen molar-refractivity contribution in [2.45, 2.75) is 12.5 Å². The number of ketones is 1. The summed E-state index contributed by atoms with van der Waals surface area (Å²) in [5, 5.41) is 11.8. The molecule has 9 nitrogen and oxygen atoms in total. The van der Waals surface area contributed by atoms with Gasteiger partial charge >= 0.3 is 12.0 Å². The minimum atomic E-state index is -1.45. The van der Waals surface area contributed by atoms with E-state index < -0.39 is 29.7 Å². The van der Waals surface area contributed by atoms with Gasteiger partial charge in [-0.3, -0.25) is 19.3 Å². The van der Waals surface area contributed by atoms with Crippen LogP contribution < -0.4 is 15.0 Å². The lowest BCUT2D eigenvalue weighted by Gasteiger charge is -2.33. The van der Waals surface area contributed by atoms with Gasteiger partial charge in [0.15, 0.2) is 11.8 Å². The Bertz CT molecular complexity index is 1130. The maximum absolute atomic E-state index is 13.1. The van der Waals surface area contributed by atoms with Crippen LogP contribution in [0, 0.1) is 0 Å². The van der Waals surface area contributed by atoms with Crippen molar-refractivity contribution < 1.29 is 29.0 Å². The van der Waals surface area contributed by atoms with Crippen LogP contribution in [0.15, 0.2) is 54.7 Å². The van der Waals surface area contributed by atoms with Crippen molar-refractivity contribution in [1.82, 2.24) is 10.2 Å². The molecule has 0 aromatic heterocycles. The molecule has 3 amide bonds. The Morgan fingerprint density at radius 2 is 1.97 bits per heavy atom. The summed E-state index contributed by atoms with van der Waals surface area (Å²) < 4.78 is 5.45. The van der Waals surface area contributed by atoms with Gasteiger partial charge in [0.1, 0.15) is 5.75 Å². The summed E-state index contributed by atoms with van der Waals surface area (Å²) >= 11 is 6.14. The molecule has 0 saturated heterocycles. The van der Waals surface area contributed by atoms with Crippen molar-refractivity contribution in [2.75, 3.05) is 25.6 Å². The Morgan fingerprint density at radius 1 is 1.21 bits per heavy atom. The van der Waals surface area contributed by atoms with Gasteiger partial charge in [-0.2, -0.15) is 0 Å². The highest BCUT2D eigenvalue weighted by molar-refractivity contribution is 6.30. The second-order valence-corrected chi connectivity index (χ2v) is 7.65. The molecule has 1 heterocycles. The average Bonchev–Trinajstić information content (AvgIpc) is 2.78. The maximum atomic E-state index is 13.1. The molecule has 0 spiro atoms. The third kappa shape index (κ3) is 5.32. The average molecular weight is 472 g/mol. The first kappa shape index (κ1) is 23.8. The van der Waals surface area contributed by atoms with Gasteiger partial charge in [0.2, 0.25) is 0 Å². The van der Waals surface area contributed by atoms with Gasteiger partial charge in [-0.1, -0.05) is 23.7 Å². The molecule has 172 valence electrons. The third-order valence-corrected chi connectivity index (χ3v) is 5.24. The zero-order valence-electron chi connectivity index (χ0n) is 17.9. The topological polar surface area (TPSA) is 116 Å². The number of nitrogens with one attached hydrogen (secondary N) is 1. The van der Waals surface area contributed by atoms with E-state index in [1.165, 1.54) is 31.3 Å². The molecule has 2 aromatic rings. The third-order valence-electron chi connectivity index (χ3n) is 5.00. The van der Waals surface area contributed by atoms with Crippen molar-refractivity contribution in [1.29, 1.82) is 0 Å². The van der Waals surface area contributed by atoms with Crippen LogP contribution in [0.2, 0.25) is 5.02 Å². The van der Waals surface area contributed by atoms with Crippen LogP contribution >= 0.6 is 11.6 Å². The van der Waals surface area contributed by atoms with E-state index >= 15 is 0 Å². The van der Waals surface area contributed by atoms with E-state index in [0.717, 1.165) is 4.90 Å². The molecule has 33 heavy (non-hydrogen) atoms. The predicted octanol–water partition coefficient (Wildman–Crippen LogP) is 2.93. The van der Waals surface area contributed by atoms with Gasteiger partial charge in [0, 0.05) is 42.1 Å². The van der Waals surface area contributed by atoms with Gasteiger partial charge in [-0.25, -0.2) is 4.79 Å². The van der Waals surface area contributed by atoms with Gasteiger partial charge in [0.25, 0.3) is 5.91 Å². The van der Waals surface area contributed by atoms with Crippen LogP contribution in [0.25, 0.3) is 11.1 Å². The van der Waals surface area contributed by atoms with Gasteiger partial charge in [-0.15, -0.1) is 0 Å². The lowest BCUT2D eigenvalue weighted by Crippen LogP contribution is -2.57. The van der Waals surface area contributed by atoms with E-state index in [9.17, 15) is 19.2 Å². The van der Waals surface area contributed by atoms with Crippen molar-refractivity contribution in [3.63, 3.8) is 0 Å². The van der Waals surface area contributed by atoms with Crippen LogP contribution in [0.5, 0.6) is 5.75 Å². The lowest BCUT2D eigenvalue weighted by molar-refractivity contribution is -0.137. The smallest absolute Gasteiger partial charge is 0.323 e. The second kappa shape index (κ2) is 10.2. The summed E-state index contributed by atoms with van der Waals surface area (Å²) in [5.74, 6) is -1.78. The fraction of sp³-hybridized carbons (Fsp3) is 0.217. The van der Waals surface area contributed by atoms with E-state index in [1.807, 2.05) is 0 Å². The number of methoxy groups -OCH3 is 1. The standard InChI is InChI=1S/C23H22ClN3O6/c1-26-11-9-18(28)21(22(26)31)27(23(32)25-10-8-20(29)30)16-6-7-19(33-2)17(13-16)14-4-3-5-15(24)12-14/h3-7,9,11-13,21H,8,10H2,1-2H3,(H,25,32)(H,29,30). The number of urea groups is 1. The predicted molar refractivity (Wildman–Crippen MR) is 122 cm³/mol. The molecule has 1 unspecified atom stereocenters. The van der Waals surface area contributed by atoms with Crippen molar-refractivity contribution in [3.05, 3.63) is 59.8 Å². The summed E-state index contributed by atoms with van der Waals surface area (Å²) in [7, 11) is 2.97. The first-order valence-electron chi connectivity index (χ1n) is 9.94. The number of rotatable bonds is 7. The Hall–Kier alpha value is -3.85. The highest BCUT2D eigenvalue weighted by atomic mass is 35.5. The molecule has 0 saturated carbocycles. The Morgan fingerprint density at radius 3 is 2.64 bits per heavy atom. The van der Waals surface area contributed by atoms with E-state index in [1.54, 1.807) is 42.5 Å². The molecule has 0 fully saturated rings. The molecule has 1 aliphatic heterocycles. The first-order valence-corrected chi connectivity index (χ1v) is 10.3. The summed E-state index contributed by atoms with van der Waals surface area (Å²) in [4.78, 5) is 51.7. The molecule has 2 aromatic carbocycles. The number of likely N-dealkylation sites (N-methyl/N-ethyl adjacent to an activating group) is 1. The minimum absolute atomic E-state index is 0.178. The van der Waals surface area contributed by atoms with E-state index in [0.29, 0.717) is 21.9 Å². The molecular weight excluding hydrogens is 450 g/mol. The number of carboxylic acids is 1. The lowest BCUT2D eigenvalue weighted by atomic mass is 10.0. The monoisotopic (exact) mass is 471 g/mol. The Balaban J connectivity index is 2.10. The van der Waals surface area contributed by atoms with Crippen LogP contribution in [-0.4, -0.2) is 60.4 Å². The Kier molecular flexibility index (Phi) is 7.34. The largest absolute Gasteiger partial charge is 0.496 e. The number of carbonyl (C=O) groups is 4. The molecule has 0 bridgehead atoms. The molecule has 3 rings (SSSR count). The number of hydrogen-bond acceptors (Lipinski definition) is 5. The van der Waals surface area contributed by atoms with Crippen LogP contribution in [-0.2, 0) is 14.4 Å². The number of nitrogens with zero attached hydrogens (tertiary/aromatic N) is 2. The molecule has 1 atom stereocenters. The highest BCUT2D eigenvalue weighted by Crippen LogP contribution is 2.36. The molecule has 0 radical (unpaired) electrons. The second-order valence-electron chi connectivity index (χ2n) is 7.21. The normalized spacial score (nSPS) is 15.4. The minimum Gasteiger partial charge on any atom is -0.496 e. The molecule has 0 aliphatic carbocycles. The summed E-state index contributed by atoms with van der Waals surface area (Å²) in [6.45, 7) is -0.178. The molecule has 2 N–H and O–H groups in total. The highest BCUT2D eigenvalue weighted by Gasteiger charge is 2.39. The number of anilines is 1. The molecule has 1 aliphatic rings. The van der Waals surface area contributed by atoms with Gasteiger partial charge in [0.05, 0.1) is 13.5 Å². The number of carboxylic acid groups (broad SMARTS) is 1. The number of carbonyl (C=O) groups excluding carboxylic acids is 3. The van der Waals surface area contributed by atoms with Crippen molar-refractivity contribution in [2.24, 2.45) is 0 Å². The van der Waals surface area contributed by atoms with Crippen LogP contribution in [0.4, 0.5) is 10.5 Å². The van der Waals surface area contributed by atoms with E-state index in [-0.39, 0.29) is 18.7 Å². The fourth-order valence-corrected chi connectivity index (χ4v) is 3.56. The molecular formula is C23H22ClN3O6. The number of amides is 3. The van der Waals surface area contributed by atoms with Crippen LogP contribution in [0.1, 0.15) is 6.42 Å². The zero-order chi connectivity index (χ0) is 24.1. The Labute approximate surface area is 195 Å². The first-order chi connectivity index (χ1) is 15.7. The van der Waals surface area contributed by atoms with Crippen molar-refractivity contribution in [3.8, 4) is 16.9 Å². The molecule has 10 heteroatoms. The number of hydrogen-bond donors (Lipinski definition) is 2. The van der Waals surface area contributed by atoms with Crippen molar-refractivity contribution >= 4 is 41.0 Å². The van der Waals surface area contributed by atoms with Gasteiger partial charge in [-0.05, 0) is 35.9 Å². The maximum Gasteiger partial charge on any atom is 0.323 e. The number of halogens is 1. The number of benzene rings is 2. The number of aliphatic carboxylic acids is 1. The van der Waals surface area contributed by atoms with Gasteiger partial charge < -0.3 is 20.1 Å². The summed E-state index contributed by atoms with van der Waals surface area (Å²) in [6, 6.07) is 9.52. The van der Waals surface area contributed by atoms with Crippen LogP contribution in [0.3, 0.4) is 0 Å². The summed E-state index contributed by atoms with van der Waals surface area (Å²) in [5.41, 5.74) is 1.53. The van der Waals surface area contributed by atoms with E-state index in [2.05, 4.69) is 5.32 Å². The van der Waals surface area contributed by atoms with E-state index in [4.69, 9.17) is 21.4 Å². The number of ether oxygens (including phenoxy) is 1.